The molecule has 5 nitrogen and oxygen atoms in total. The maximum absolute atomic E-state index is 12.4. The Labute approximate surface area is 117 Å². The van der Waals surface area contributed by atoms with Gasteiger partial charge < -0.3 is 9.64 Å². The zero-order valence-corrected chi connectivity index (χ0v) is 11.4. The van der Waals surface area contributed by atoms with Crippen molar-refractivity contribution in [2.24, 2.45) is 0 Å². The molecule has 3 rings (SSSR count). The average molecular weight is 271 g/mol. The van der Waals surface area contributed by atoms with Crippen LogP contribution in [0.1, 0.15) is 17.3 Å². The molecule has 104 valence electrons. The molecule has 1 fully saturated rings. The smallest absolute Gasteiger partial charge is 0.254 e. The van der Waals surface area contributed by atoms with E-state index in [4.69, 9.17) is 4.74 Å². The first-order valence-electron chi connectivity index (χ1n) is 6.75. The lowest BCUT2D eigenvalue weighted by molar-refractivity contribution is -0.0124. The molecule has 2 aromatic rings. The first kappa shape index (κ1) is 12.9. The summed E-state index contributed by atoms with van der Waals surface area (Å²) in [5.41, 5.74) is 1.65. The molecule has 0 radical (unpaired) electrons. The third-order valence-corrected chi connectivity index (χ3v) is 3.41. The van der Waals surface area contributed by atoms with Crippen molar-refractivity contribution in [1.82, 2.24) is 14.7 Å². The Kier molecular flexibility index (Phi) is 3.52. The van der Waals surface area contributed by atoms with Crippen LogP contribution in [-0.2, 0) is 4.74 Å². The Morgan fingerprint density at radius 3 is 2.80 bits per heavy atom. The van der Waals surface area contributed by atoms with Crippen LogP contribution in [0.15, 0.2) is 42.7 Å². The normalized spacial score (nSPS) is 19.1. The number of rotatable bonds is 2. The molecule has 0 saturated carbocycles. The van der Waals surface area contributed by atoms with Gasteiger partial charge in [-0.15, -0.1) is 0 Å². The fourth-order valence-electron chi connectivity index (χ4n) is 2.36. The third-order valence-electron chi connectivity index (χ3n) is 3.41. The molecule has 2 heterocycles. The van der Waals surface area contributed by atoms with Gasteiger partial charge in [-0.1, -0.05) is 0 Å². The van der Waals surface area contributed by atoms with Crippen LogP contribution in [0.5, 0.6) is 0 Å². The molecule has 0 spiro atoms. The lowest BCUT2D eigenvalue weighted by atomic mass is 10.1. The van der Waals surface area contributed by atoms with Gasteiger partial charge in [0.15, 0.2) is 0 Å². The van der Waals surface area contributed by atoms with Crippen molar-refractivity contribution in [3.05, 3.63) is 48.3 Å². The second-order valence-electron chi connectivity index (χ2n) is 4.93. The summed E-state index contributed by atoms with van der Waals surface area (Å²) in [6, 6.07) is 9.38. The van der Waals surface area contributed by atoms with Crippen LogP contribution in [0.25, 0.3) is 5.69 Å². The van der Waals surface area contributed by atoms with Gasteiger partial charge in [-0.2, -0.15) is 5.10 Å². The highest BCUT2D eigenvalue weighted by Gasteiger charge is 2.22. The Balaban J connectivity index is 1.75. The monoisotopic (exact) mass is 271 g/mol. The molecular formula is C15H17N3O2. The Hall–Kier alpha value is -2.14. The molecule has 1 atom stereocenters. The van der Waals surface area contributed by atoms with E-state index in [0.29, 0.717) is 25.3 Å². The highest BCUT2D eigenvalue weighted by atomic mass is 16.5. The molecule has 0 bridgehead atoms. The highest BCUT2D eigenvalue weighted by molar-refractivity contribution is 5.94. The molecule has 1 aromatic carbocycles. The number of hydrogen-bond acceptors (Lipinski definition) is 3. The van der Waals surface area contributed by atoms with Gasteiger partial charge in [0.1, 0.15) is 0 Å². The van der Waals surface area contributed by atoms with Gasteiger partial charge >= 0.3 is 0 Å². The van der Waals surface area contributed by atoms with Crippen LogP contribution in [0.2, 0.25) is 0 Å². The van der Waals surface area contributed by atoms with Crippen molar-refractivity contribution >= 4 is 5.91 Å². The van der Waals surface area contributed by atoms with Gasteiger partial charge in [-0.05, 0) is 37.3 Å². The zero-order valence-electron chi connectivity index (χ0n) is 11.4. The Morgan fingerprint density at radius 2 is 2.15 bits per heavy atom. The summed E-state index contributed by atoms with van der Waals surface area (Å²) < 4.78 is 7.23. The SMILES string of the molecule is C[C@@H]1CN(C(=O)c2ccc(-n3cccn3)cc2)CCO1. The number of nitrogens with zero attached hydrogens (tertiary/aromatic N) is 3. The van der Waals surface area contributed by atoms with E-state index in [1.807, 2.05) is 48.4 Å². The van der Waals surface area contributed by atoms with E-state index < -0.39 is 0 Å². The Bertz CT molecular complexity index is 578. The topological polar surface area (TPSA) is 47.4 Å². The average Bonchev–Trinajstić information content (AvgIpc) is 3.01. The summed E-state index contributed by atoms with van der Waals surface area (Å²) in [6.45, 7) is 3.91. The summed E-state index contributed by atoms with van der Waals surface area (Å²) in [5.74, 6) is 0.0622. The van der Waals surface area contributed by atoms with Crippen molar-refractivity contribution in [1.29, 1.82) is 0 Å². The second-order valence-corrected chi connectivity index (χ2v) is 4.93. The second kappa shape index (κ2) is 5.46. The summed E-state index contributed by atoms with van der Waals surface area (Å²) in [5, 5.41) is 4.17. The fraction of sp³-hybridized carbons (Fsp3) is 0.333. The van der Waals surface area contributed by atoms with Crippen molar-refractivity contribution in [3.63, 3.8) is 0 Å². The van der Waals surface area contributed by atoms with E-state index >= 15 is 0 Å². The number of carbonyl (C=O) groups is 1. The van der Waals surface area contributed by atoms with Crippen LogP contribution < -0.4 is 0 Å². The molecule has 0 N–H and O–H groups in total. The minimum Gasteiger partial charge on any atom is -0.375 e. The largest absolute Gasteiger partial charge is 0.375 e. The molecule has 0 aliphatic carbocycles. The third kappa shape index (κ3) is 2.58. The number of carbonyl (C=O) groups excluding carboxylic acids is 1. The number of morpholine rings is 1. The van der Waals surface area contributed by atoms with Crippen LogP contribution in [0, 0.1) is 0 Å². The number of aromatic nitrogens is 2. The standard InChI is InChI=1S/C15H17N3O2/c1-12-11-17(9-10-20-12)15(19)13-3-5-14(6-4-13)18-8-2-7-16-18/h2-8,12H,9-11H2,1H3/t12-/m1/s1. The summed E-state index contributed by atoms with van der Waals surface area (Å²) in [4.78, 5) is 14.2. The van der Waals surface area contributed by atoms with E-state index in [1.54, 1.807) is 10.9 Å². The summed E-state index contributed by atoms with van der Waals surface area (Å²) in [7, 11) is 0. The van der Waals surface area contributed by atoms with E-state index in [1.165, 1.54) is 0 Å². The van der Waals surface area contributed by atoms with Gasteiger partial charge in [0.05, 0.1) is 18.4 Å². The van der Waals surface area contributed by atoms with E-state index in [0.717, 1.165) is 5.69 Å². The van der Waals surface area contributed by atoms with Crippen molar-refractivity contribution < 1.29 is 9.53 Å². The van der Waals surface area contributed by atoms with Crippen LogP contribution in [0.4, 0.5) is 0 Å². The van der Waals surface area contributed by atoms with Gasteiger partial charge in [-0.25, -0.2) is 4.68 Å². The van der Waals surface area contributed by atoms with Crippen molar-refractivity contribution in [2.45, 2.75) is 13.0 Å². The van der Waals surface area contributed by atoms with Crippen LogP contribution in [-0.4, -0.2) is 46.4 Å². The molecule has 1 aromatic heterocycles. The van der Waals surface area contributed by atoms with Gasteiger partial charge in [0, 0.05) is 31.0 Å². The Morgan fingerprint density at radius 1 is 1.35 bits per heavy atom. The van der Waals surface area contributed by atoms with Gasteiger partial charge in [-0.3, -0.25) is 4.79 Å². The summed E-state index contributed by atoms with van der Waals surface area (Å²) >= 11 is 0. The number of amides is 1. The van der Waals surface area contributed by atoms with Crippen molar-refractivity contribution in [2.75, 3.05) is 19.7 Å². The first-order valence-corrected chi connectivity index (χ1v) is 6.75. The minimum atomic E-state index is 0.0622. The lowest BCUT2D eigenvalue weighted by Gasteiger charge is -2.31. The summed E-state index contributed by atoms with van der Waals surface area (Å²) in [6.07, 6.45) is 3.71. The maximum atomic E-state index is 12.4. The van der Waals surface area contributed by atoms with E-state index in [9.17, 15) is 4.79 Å². The predicted molar refractivity (Wildman–Crippen MR) is 74.9 cm³/mol. The molecule has 1 aliphatic rings. The lowest BCUT2D eigenvalue weighted by Crippen LogP contribution is -2.44. The molecule has 1 saturated heterocycles. The van der Waals surface area contributed by atoms with Crippen molar-refractivity contribution in [3.8, 4) is 5.69 Å². The number of hydrogen-bond donors (Lipinski definition) is 0. The van der Waals surface area contributed by atoms with Gasteiger partial charge in [0.2, 0.25) is 0 Å². The van der Waals surface area contributed by atoms with Crippen LogP contribution >= 0.6 is 0 Å². The number of ether oxygens (including phenoxy) is 1. The predicted octanol–water partition coefficient (Wildman–Crippen LogP) is 1.73. The maximum Gasteiger partial charge on any atom is 0.254 e. The molecule has 1 amide bonds. The minimum absolute atomic E-state index is 0.0622. The van der Waals surface area contributed by atoms with E-state index in [-0.39, 0.29) is 12.0 Å². The molecule has 20 heavy (non-hydrogen) atoms. The fourth-order valence-corrected chi connectivity index (χ4v) is 2.36. The van der Waals surface area contributed by atoms with Crippen LogP contribution in [0.3, 0.4) is 0 Å². The number of benzene rings is 1. The zero-order chi connectivity index (χ0) is 13.9. The molecular weight excluding hydrogens is 254 g/mol. The molecule has 0 unspecified atom stereocenters. The van der Waals surface area contributed by atoms with Gasteiger partial charge in [0.25, 0.3) is 5.91 Å². The molecule has 1 aliphatic heterocycles. The van der Waals surface area contributed by atoms with E-state index in [2.05, 4.69) is 5.10 Å². The quantitative estimate of drug-likeness (QED) is 0.835. The highest BCUT2D eigenvalue weighted by Crippen LogP contribution is 2.13. The first-order chi connectivity index (χ1) is 9.74. The molecule has 5 heteroatoms.